The second kappa shape index (κ2) is 6.42. The highest BCUT2D eigenvalue weighted by atomic mass is 16.5. The molecule has 0 spiro atoms. The normalized spacial score (nSPS) is 15.9. The number of benzene rings is 1. The molecule has 0 aliphatic carbocycles. The summed E-state index contributed by atoms with van der Waals surface area (Å²) < 4.78 is 11.0. The summed E-state index contributed by atoms with van der Waals surface area (Å²) in [7, 11) is 0. The zero-order valence-electron chi connectivity index (χ0n) is 10.1. The van der Waals surface area contributed by atoms with E-state index in [0.717, 1.165) is 32.0 Å². The third-order valence-corrected chi connectivity index (χ3v) is 2.84. The Kier molecular flexibility index (Phi) is 4.59. The van der Waals surface area contributed by atoms with Gasteiger partial charge in [-0.1, -0.05) is 36.9 Å². The van der Waals surface area contributed by atoms with Crippen LogP contribution in [0.5, 0.6) is 0 Å². The minimum atomic E-state index is 0.592. The quantitative estimate of drug-likeness (QED) is 0.777. The Morgan fingerprint density at radius 2 is 1.94 bits per heavy atom. The standard InChI is InChI=1S/C14H19NO2/c1-13(15-7-9-16-10-8-15)11-17-12-14-5-3-2-4-6-14/h2-6H,1,7-12H2. The van der Waals surface area contributed by atoms with E-state index in [0.29, 0.717) is 13.2 Å². The fourth-order valence-corrected chi connectivity index (χ4v) is 1.83. The molecular weight excluding hydrogens is 214 g/mol. The third kappa shape index (κ3) is 3.88. The number of ether oxygens (including phenoxy) is 2. The topological polar surface area (TPSA) is 21.7 Å². The van der Waals surface area contributed by atoms with Gasteiger partial charge in [0, 0.05) is 18.8 Å². The van der Waals surface area contributed by atoms with Crippen LogP contribution in [0, 0.1) is 0 Å². The molecule has 3 heteroatoms. The SMILES string of the molecule is C=C(COCc1ccccc1)N1CCOCC1. The van der Waals surface area contributed by atoms with Gasteiger partial charge in [0.1, 0.15) is 0 Å². The van der Waals surface area contributed by atoms with Gasteiger partial charge in [0.05, 0.1) is 26.4 Å². The van der Waals surface area contributed by atoms with Crippen LogP contribution in [0.4, 0.5) is 0 Å². The van der Waals surface area contributed by atoms with Crippen LogP contribution in [0.15, 0.2) is 42.6 Å². The van der Waals surface area contributed by atoms with E-state index in [9.17, 15) is 0 Å². The van der Waals surface area contributed by atoms with Crippen LogP contribution in [0.1, 0.15) is 5.56 Å². The summed E-state index contributed by atoms with van der Waals surface area (Å²) in [5.74, 6) is 0. The summed E-state index contributed by atoms with van der Waals surface area (Å²) in [6.45, 7) is 8.72. The van der Waals surface area contributed by atoms with Crippen molar-refractivity contribution in [2.45, 2.75) is 6.61 Å². The molecule has 0 bridgehead atoms. The number of morpholine rings is 1. The predicted molar refractivity (Wildman–Crippen MR) is 67.6 cm³/mol. The average Bonchev–Trinajstić information content (AvgIpc) is 2.41. The summed E-state index contributed by atoms with van der Waals surface area (Å²) in [6.07, 6.45) is 0. The van der Waals surface area contributed by atoms with Crippen LogP contribution in [0.25, 0.3) is 0 Å². The highest BCUT2D eigenvalue weighted by Crippen LogP contribution is 2.07. The number of rotatable bonds is 5. The Morgan fingerprint density at radius 3 is 2.65 bits per heavy atom. The van der Waals surface area contributed by atoms with Crippen molar-refractivity contribution in [1.29, 1.82) is 0 Å². The average molecular weight is 233 g/mol. The van der Waals surface area contributed by atoms with Crippen LogP contribution < -0.4 is 0 Å². The third-order valence-electron chi connectivity index (χ3n) is 2.84. The van der Waals surface area contributed by atoms with E-state index < -0.39 is 0 Å². The minimum Gasteiger partial charge on any atom is -0.378 e. The van der Waals surface area contributed by atoms with Crippen LogP contribution in [-0.2, 0) is 16.1 Å². The summed E-state index contributed by atoms with van der Waals surface area (Å²) in [6, 6.07) is 10.2. The lowest BCUT2D eigenvalue weighted by Gasteiger charge is -2.30. The smallest absolute Gasteiger partial charge is 0.0863 e. The molecule has 0 atom stereocenters. The molecule has 3 nitrogen and oxygen atoms in total. The van der Waals surface area contributed by atoms with Gasteiger partial charge in [-0.15, -0.1) is 0 Å². The number of hydrogen-bond acceptors (Lipinski definition) is 3. The molecule has 2 rings (SSSR count). The molecule has 0 saturated carbocycles. The fraction of sp³-hybridized carbons (Fsp3) is 0.429. The maximum atomic E-state index is 5.65. The van der Waals surface area contributed by atoms with Crippen molar-refractivity contribution in [3.63, 3.8) is 0 Å². The second-order valence-electron chi connectivity index (χ2n) is 4.14. The van der Waals surface area contributed by atoms with E-state index in [2.05, 4.69) is 23.6 Å². The first-order chi connectivity index (χ1) is 8.36. The van der Waals surface area contributed by atoms with Gasteiger partial charge in [0.2, 0.25) is 0 Å². The largest absolute Gasteiger partial charge is 0.378 e. The van der Waals surface area contributed by atoms with E-state index in [-0.39, 0.29) is 0 Å². The highest BCUT2D eigenvalue weighted by molar-refractivity contribution is 5.13. The summed E-state index contributed by atoms with van der Waals surface area (Å²) in [5, 5.41) is 0. The second-order valence-corrected chi connectivity index (χ2v) is 4.14. The minimum absolute atomic E-state index is 0.592. The highest BCUT2D eigenvalue weighted by Gasteiger charge is 2.11. The van der Waals surface area contributed by atoms with Gasteiger partial charge in [-0.2, -0.15) is 0 Å². The maximum absolute atomic E-state index is 5.65. The lowest BCUT2D eigenvalue weighted by atomic mass is 10.2. The molecule has 1 aliphatic heterocycles. The van der Waals surface area contributed by atoms with Gasteiger partial charge >= 0.3 is 0 Å². The lowest BCUT2D eigenvalue weighted by Crippen LogP contribution is -2.36. The summed E-state index contributed by atoms with van der Waals surface area (Å²) in [4.78, 5) is 2.23. The zero-order valence-corrected chi connectivity index (χ0v) is 10.1. The fourth-order valence-electron chi connectivity index (χ4n) is 1.83. The summed E-state index contributed by atoms with van der Waals surface area (Å²) >= 11 is 0. The molecule has 0 unspecified atom stereocenters. The number of nitrogens with zero attached hydrogens (tertiary/aromatic N) is 1. The molecule has 1 aromatic carbocycles. The van der Waals surface area contributed by atoms with Crippen molar-refractivity contribution in [2.24, 2.45) is 0 Å². The Labute approximate surface area is 103 Å². The first kappa shape index (κ1) is 12.1. The van der Waals surface area contributed by atoms with Gasteiger partial charge in [-0.3, -0.25) is 0 Å². The predicted octanol–water partition coefficient (Wildman–Crippen LogP) is 2.05. The Morgan fingerprint density at radius 1 is 1.24 bits per heavy atom. The van der Waals surface area contributed by atoms with Crippen molar-refractivity contribution in [1.82, 2.24) is 4.90 Å². The number of hydrogen-bond donors (Lipinski definition) is 0. The van der Waals surface area contributed by atoms with Crippen LogP contribution in [0.3, 0.4) is 0 Å². The molecule has 1 aromatic rings. The molecule has 1 saturated heterocycles. The molecule has 1 aliphatic rings. The van der Waals surface area contributed by atoms with Crippen LogP contribution in [-0.4, -0.2) is 37.8 Å². The Balaban J connectivity index is 1.69. The molecule has 1 fully saturated rings. The van der Waals surface area contributed by atoms with Gasteiger partial charge in [0.25, 0.3) is 0 Å². The molecule has 0 radical (unpaired) electrons. The zero-order chi connectivity index (χ0) is 11.9. The van der Waals surface area contributed by atoms with Crippen molar-refractivity contribution >= 4 is 0 Å². The van der Waals surface area contributed by atoms with Gasteiger partial charge in [-0.05, 0) is 5.56 Å². The van der Waals surface area contributed by atoms with Crippen LogP contribution >= 0.6 is 0 Å². The maximum Gasteiger partial charge on any atom is 0.0863 e. The Bertz CT molecular complexity index is 344. The van der Waals surface area contributed by atoms with E-state index in [1.54, 1.807) is 0 Å². The van der Waals surface area contributed by atoms with E-state index >= 15 is 0 Å². The van der Waals surface area contributed by atoms with Gasteiger partial charge in [-0.25, -0.2) is 0 Å². The van der Waals surface area contributed by atoms with Gasteiger partial charge < -0.3 is 14.4 Å². The van der Waals surface area contributed by atoms with E-state index in [1.807, 2.05) is 18.2 Å². The van der Waals surface area contributed by atoms with Crippen molar-refractivity contribution in [3.8, 4) is 0 Å². The molecular formula is C14H19NO2. The molecule has 1 heterocycles. The van der Waals surface area contributed by atoms with Crippen molar-refractivity contribution in [2.75, 3.05) is 32.9 Å². The lowest BCUT2D eigenvalue weighted by molar-refractivity contribution is 0.0402. The summed E-state index contributed by atoms with van der Waals surface area (Å²) in [5.41, 5.74) is 2.24. The molecule has 92 valence electrons. The van der Waals surface area contributed by atoms with Crippen molar-refractivity contribution < 1.29 is 9.47 Å². The Hall–Kier alpha value is -1.32. The first-order valence-corrected chi connectivity index (χ1v) is 5.98. The first-order valence-electron chi connectivity index (χ1n) is 5.98. The molecule has 0 N–H and O–H groups in total. The van der Waals surface area contributed by atoms with E-state index in [1.165, 1.54) is 5.56 Å². The van der Waals surface area contributed by atoms with Gasteiger partial charge in [0.15, 0.2) is 0 Å². The molecule has 0 aromatic heterocycles. The molecule has 17 heavy (non-hydrogen) atoms. The van der Waals surface area contributed by atoms with Crippen molar-refractivity contribution in [3.05, 3.63) is 48.2 Å². The van der Waals surface area contributed by atoms with Crippen LogP contribution in [0.2, 0.25) is 0 Å². The molecule has 0 amide bonds. The monoisotopic (exact) mass is 233 g/mol. The van der Waals surface area contributed by atoms with E-state index in [4.69, 9.17) is 9.47 Å².